The van der Waals surface area contributed by atoms with E-state index in [1.165, 1.54) is 58.0 Å². The highest BCUT2D eigenvalue weighted by atomic mass is 16.5. The molecule has 5 heteroatoms. The van der Waals surface area contributed by atoms with Crippen molar-refractivity contribution in [3.63, 3.8) is 0 Å². The highest BCUT2D eigenvalue weighted by molar-refractivity contribution is 5.79. The minimum Gasteiger partial charge on any atom is -0.378 e. The predicted octanol–water partition coefficient (Wildman–Crippen LogP) is 2.76. The molecule has 0 aromatic carbocycles. The maximum atomic E-state index is 5.98. The molecule has 0 unspecified atom stereocenters. The molecule has 1 aliphatic heterocycles. The molecule has 0 amide bonds. The van der Waals surface area contributed by atoms with Crippen LogP contribution in [-0.2, 0) is 4.74 Å². The van der Waals surface area contributed by atoms with Gasteiger partial charge in [-0.2, -0.15) is 0 Å². The molecule has 140 valence electrons. The van der Waals surface area contributed by atoms with Gasteiger partial charge in [0, 0.05) is 45.4 Å². The number of rotatable bonds is 7. The van der Waals surface area contributed by atoms with Crippen LogP contribution in [0, 0.1) is 0 Å². The van der Waals surface area contributed by atoms with E-state index in [0.29, 0.717) is 18.2 Å². The molecule has 0 spiro atoms. The van der Waals surface area contributed by atoms with Crippen molar-refractivity contribution < 1.29 is 4.74 Å². The fraction of sp³-hybridized carbons (Fsp3) is 0.947. The maximum absolute atomic E-state index is 5.98. The Morgan fingerprint density at radius 1 is 1.12 bits per heavy atom. The van der Waals surface area contributed by atoms with Crippen LogP contribution in [0.4, 0.5) is 0 Å². The fourth-order valence-corrected chi connectivity index (χ4v) is 3.71. The third kappa shape index (κ3) is 6.98. The molecule has 24 heavy (non-hydrogen) atoms. The van der Waals surface area contributed by atoms with Gasteiger partial charge >= 0.3 is 0 Å². The second-order valence-corrected chi connectivity index (χ2v) is 7.53. The molecule has 0 bridgehead atoms. The molecule has 0 aromatic heterocycles. The monoisotopic (exact) mass is 338 g/mol. The smallest absolute Gasteiger partial charge is 0.191 e. The highest BCUT2D eigenvalue weighted by Crippen LogP contribution is 2.20. The van der Waals surface area contributed by atoms with Crippen LogP contribution in [0.3, 0.4) is 0 Å². The maximum Gasteiger partial charge on any atom is 0.191 e. The topological polar surface area (TPSA) is 48.9 Å². The minimum atomic E-state index is 0.516. The number of hydrogen-bond acceptors (Lipinski definition) is 3. The van der Waals surface area contributed by atoms with Crippen molar-refractivity contribution in [2.24, 2.45) is 4.99 Å². The van der Waals surface area contributed by atoms with Crippen LogP contribution in [0.25, 0.3) is 0 Å². The van der Waals surface area contributed by atoms with Gasteiger partial charge in [0.1, 0.15) is 0 Å². The van der Waals surface area contributed by atoms with E-state index in [2.05, 4.69) is 34.4 Å². The first-order chi connectivity index (χ1) is 11.7. The van der Waals surface area contributed by atoms with Crippen LogP contribution >= 0.6 is 0 Å². The van der Waals surface area contributed by atoms with Crippen LogP contribution in [0.2, 0.25) is 0 Å². The summed E-state index contributed by atoms with van der Waals surface area (Å²) in [5.41, 5.74) is 0. The Bertz CT molecular complexity index is 358. The number of nitrogens with zero attached hydrogens (tertiary/aromatic N) is 2. The Balaban J connectivity index is 1.54. The standard InChI is InChI=1S/C19H38N4O/c1-16(2)23-13-10-17(11-14-23)22-19(20-3)21-12-7-15-24-18-8-5-4-6-9-18/h16-18H,4-15H2,1-3H3,(H2,20,21,22). The van der Waals surface area contributed by atoms with E-state index < -0.39 is 0 Å². The Morgan fingerprint density at radius 2 is 1.83 bits per heavy atom. The zero-order valence-electron chi connectivity index (χ0n) is 16.0. The van der Waals surface area contributed by atoms with Crippen LogP contribution in [0.1, 0.15) is 65.2 Å². The van der Waals surface area contributed by atoms with Gasteiger partial charge in [-0.05, 0) is 46.0 Å². The summed E-state index contributed by atoms with van der Waals surface area (Å²) in [7, 11) is 1.86. The number of ether oxygens (including phenoxy) is 1. The number of nitrogens with one attached hydrogen (secondary N) is 2. The van der Waals surface area contributed by atoms with Gasteiger partial charge in [-0.25, -0.2) is 0 Å². The molecule has 0 radical (unpaired) electrons. The van der Waals surface area contributed by atoms with Crippen LogP contribution in [-0.4, -0.2) is 62.3 Å². The van der Waals surface area contributed by atoms with Gasteiger partial charge in [0.25, 0.3) is 0 Å². The van der Waals surface area contributed by atoms with Crippen LogP contribution in [0.5, 0.6) is 0 Å². The number of aliphatic imine (C=N–C) groups is 1. The molecule has 1 aliphatic carbocycles. The lowest BCUT2D eigenvalue weighted by Gasteiger charge is -2.35. The molecule has 2 aliphatic rings. The van der Waals surface area contributed by atoms with Gasteiger partial charge in [0.2, 0.25) is 0 Å². The third-order valence-corrected chi connectivity index (χ3v) is 5.34. The molecule has 1 saturated carbocycles. The fourth-order valence-electron chi connectivity index (χ4n) is 3.71. The number of piperidine rings is 1. The second kappa shape index (κ2) is 10.9. The first-order valence-corrected chi connectivity index (χ1v) is 10.0. The Hall–Kier alpha value is -0.810. The van der Waals surface area contributed by atoms with E-state index in [1.54, 1.807) is 0 Å². The normalized spacial score (nSPS) is 22.1. The van der Waals surface area contributed by atoms with Gasteiger partial charge in [0.05, 0.1) is 6.10 Å². The molecule has 5 nitrogen and oxygen atoms in total. The SMILES string of the molecule is CN=C(NCCCOC1CCCCC1)NC1CCN(C(C)C)CC1. The summed E-state index contributed by atoms with van der Waals surface area (Å²) in [6, 6.07) is 1.21. The van der Waals surface area contributed by atoms with Gasteiger partial charge < -0.3 is 20.3 Å². The quantitative estimate of drug-likeness (QED) is 0.426. The van der Waals surface area contributed by atoms with E-state index in [9.17, 15) is 0 Å². The lowest BCUT2D eigenvalue weighted by Crippen LogP contribution is -2.50. The molecule has 0 atom stereocenters. The van der Waals surface area contributed by atoms with Gasteiger partial charge in [-0.1, -0.05) is 19.3 Å². The minimum absolute atomic E-state index is 0.516. The van der Waals surface area contributed by atoms with Crippen molar-refractivity contribution in [3.05, 3.63) is 0 Å². The molecule has 1 saturated heterocycles. The zero-order valence-corrected chi connectivity index (χ0v) is 16.0. The van der Waals surface area contributed by atoms with Crippen molar-refractivity contribution in [3.8, 4) is 0 Å². The predicted molar refractivity (Wildman–Crippen MR) is 102 cm³/mol. The zero-order chi connectivity index (χ0) is 17.2. The van der Waals surface area contributed by atoms with Crippen LogP contribution < -0.4 is 10.6 Å². The number of guanidine groups is 1. The molecule has 2 N–H and O–H groups in total. The van der Waals surface area contributed by atoms with E-state index >= 15 is 0 Å². The van der Waals surface area contributed by atoms with E-state index in [4.69, 9.17) is 4.74 Å². The molecular weight excluding hydrogens is 300 g/mol. The summed E-state index contributed by atoms with van der Waals surface area (Å²) in [4.78, 5) is 6.92. The van der Waals surface area contributed by atoms with Crippen molar-refractivity contribution in [2.45, 2.75) is 83.4 Å². The first kappa shape index (κ1) is 19.5. The summed E-state index contributed by atoms with van der Waals surface area (Å²) >= 11 is 0. The third-order valence-electron chi connectivity index (χ3n) is 5.34. The van der Waals surface area contributed by atoms with Crippen molar-refractivity contribution in [2.75, 3.05) is 33.3 Å². The highest BCUT2D eigenvalue weighted by Gasteiger charge is 2.21. The van der Waals surface area contributed by atoms with Crippen molar-refractivity contribution in [1.82, 2.24) is 15.5 Å². The van der Waals surface area contributed by atoms with E-state index in [1.807, 2.05) is 7.05 Å². The number of hydrogen-bond donors (Lipinski definition) is 2. The average Bonchev–Trinajstić information content (AvgIpc) is 2.61. The summed E-state index contributed by atoms with van der Waals surface area (Å²) < 4.78 is 5.98. The van der Waals surface area contributed by atoms with Crippen molar-refractivity contribution in [1.29, 1.82) is 0 Å². The molecule has 0 aromatic rings. The van der Waals surface area contributed by atoms with Crippen molar-refractivity contribution >= 4 is 5.96 Å². The van der Waals surface area contributed by atoms with Gasteiger partial charge in [-0.15, -0.1) is 0 Å². The van der Waals surface area contributed by atoms with E-state index in [0.717, 1.165) is 25.5 Å². The number of likely N-dealkylation sites (tertiary alicyclic amines) is 1. The largest absolute Gasteiger partial charge is 0.378 e. The summed E-state index contributed by atoms with van der Waals surface area (Å²) in [5, 5.41) is 7.01. The molecule has 2 rings (SSSR count). The van der Waals surface area contributed by atoms with Crippen LogP contribution in [0.15, 0.2) is 4.99 Å². The lowest BCUT2D eigenvalue weighted by atomic mass is 9.98. The lowest BCUT2D eigenvalue weighted by molar-refractivity contribution is 0.0277. The summed E-state index contributed by atoms with van der Waals surface area (Å²) in [6.45, 7) is 8.72. The van der Waals surface area contributed by atoms with Gasteiger partial charge in [-0.3, -0.25) is 4.99 Å². The van der Waals surface area contributed by atoms with E-state index in [-0.39, 0.29) is 0 Å². The van der Waals surface area contributed by atoms with Gasteiger partial charge in [0.15, 0.2) is 5.96 Å². The second-order valence-electron chi connectivity index (χ2n) is 7.53. The Labute approximate surface area is 148 Å². The first-order valence-electron chi connectivity index (χ1n) is 10.0. The average molecular weight is 339 g/mol. The summed E-state index contributed by atoms with van der Waals surface area (Å²) in [5.74, 6) is 0.940. The molecule has 2 fully saturated rings. The molecule has 1 heterocycles. The Kier molecular flexibility index (Phi) is 8.89. The molecular formula is C19H38N4O. The Morgan fingerprint density at radius 3 is 2.46 bits per heavy atom. The summed E-state index contributed by atoms with van der Waals surface area (Å²) in [6.07, 6.45) is 10.5.